The molecule has 24 heavy (non-hydrogen) atoms. The largest absolute Gasteiger partial charge is 1.00 e. The molecular formula is C21H33NaO2. The maximum absolute atomic E-state index is 10.2. The van der Waals surface area contributed by atoms with Crippen LogP contribution in [0.15, 0.2) is 0 Å². The molecule has 2 nitrogen and oxygen atoms in total. The minimum atomic E-state index is -0.978. The number of carboxylic acids is 1. The van der Waals surface area contributed by atoms with Crippen molar-refractivity contribution in [3.05, 3.63) is 0 Å². The van der Waals surface area contributed by atoms with Crippen molar-refractivity contribution in [3.8, 4) is 23.7 Å². The zero-order chi connectivity index (χ0) is 17.0. The van der Waals surface area contributed by atoms with Gasteiger partial charge in [-0.05, 0) is 37.5 Å². The van der Waals surface area contributed by atoms with Crippen LogP contribution >= 0.6 is 0 Å². The number of carboxylic acid groups (broad SMARTS) is 1. The van der Waals surface area contributed by atoms with Gasteiger partial charge in [-0.25, -0.2) is 0 Å². The molecule has 0 unspecified atom stereocenters. The van der Waals surface area contributed by atoms with Crippen LogP contribution in [0.3, 0.4) is 0 Å². The molecule has 0 aliphatic rings. The first-order valence-corrected chi connectivity index (χ1v) is 9.43. The Morgan fingerprint density at radius 1 is 0.708 bits per heavy atom. The topological polar surface area (TPSA) is 40.1 Å². The molecule has 0 saturated heterocycles. The van der Waals surface area contributed by atoms with E-state index in [-0.39, 0.29) is 36.0 Å². The normalized spacial score (nSPS) is 9.21. The predicted octanol–water partition coefficient (Wildman–Crippen LogP) is 1.62. The van der Waals surface area contributed by atoms with Gasteiger partial charge < -0.3 is 9.90 Å². The minimum Gasteiger partial charge on any atom is -0.550 e. The van der Waals surface area contributed by atoms with E-state index in [4.69, 9.17) is 0 Å². The van der Waals surface area contributed by atoms with Crippen molar-refractivity contribution in [2.75, 3.05) is 0 Å². The Morgan fingerprint density at radius 2 is 1.12 bits per heavy atom. The number of unbranched alkanes of at least 4 members (excludes halogenated alkanes) is 12. The van der Waals surface area contributed by atoms with E-state index in [1.54, 1.807) is 0 Å². The molecule has 0 aromatic rings. The fraction of sp³-hybridized carbons (Fsp3) is 0.762. The van der Waals surface area contributed by atoms with E-state index in [1.807, 2.05) is 0 Å². The molecule has 0 bridgehead atoms. The van der Waals surface area contributed by atoms with E-state index in [0.717, 1.165) is 19.3 Å². The molecule has 0 heterocycles. The van der Waals surface area contributed by atoms with E-state index >= 15 is 0 Å². The summed E-state index contributed by atoms with van der Waals surface area (Å²) in [6.07, 6.45) is 16.7. The number of carbonyl (C=O) groups excluding carboxylic acids is 1. The predicted molar refractivity (Wildman–Crippen MR) is 95.5 cm³/mol. The third-order valence-corrected chi connectivity index (χ3v) is 3.83. The van der Waals surface area contributed by atoms with E-state index in [1.165, 1.54) is 64.2 Å². The number of rotatable bonds is 14. The summed E-state index contributed by atoms with van der Waals surface area (Å²) < 4.78 is 0. The van der Waals surface area contributed by atoms with Crippen LogP contribution in [0.25, 0.3) is 0 Å². The Kier molecular flexibility index (Phi) is 24.3. The second-order valence-electron chi connectivity index (χ2n) is 6.11. The summed E-state index contributed by atoms with van der Waals surface area (Å²) in [6.45, 7) is 2.26. The number of carbonyl (C=O) groups is 1. The zero-order valence-corrected chi connectivity index (χ0v) is 17.9. The first-order valence-electron chi connectivity index (χ1n) is 9.43. The Balaban J connectivity index is 0. The fourth-order valence-corrected chi connectivity index (χ4v) is 2.40. The second kappa shape index (κ2) is 22.6. The van der Waals surface area contributed by atoms with Crippen LogP contribution in [0.1, 0.15) is 103 Å². The van der Waals surface area contributed by atoms with Gasteiger partial charge in [-0.15, -0.1) is 0 Å². The third-order valence-electron chi connectivity index (χ3n) is 3.83. The molecule has 0 atom stereocenters. The number of hydrogen-bond donors (Lipinski definition) is 0. The molecule has 0 aliphatic carbocycles. The van der Waals surface area contributed by atoms with Gasteiger partial charge >= 0.3 is 29.6 Å². The molecule has 0 N–H and O–H groups in total. The van der Waals surface area contributed by atoms with Crippen molar-refractivity contribution in [1.82, 2.24) is 0 Å². The van der Waals surface area contributed by atoms with Crippen LogP contribution in [0.4, 0.5) is 0 Å². The van der Waals surface area contributed by atoms with Crippen molar-refractivity contribution in [2.24, 2.45) is 0 Å². The van der Waals surface area contributed by atoms with E-state index in [9.17, 15) is 9.90 Å². The van der Waals surface area contributed by atoms with Gasteiger partial charge in [0.2, 0.25) is 0 Å². The first-order chi connectivity index (χ1) is 11.3. The molecule has 0 aliphatic heterocycles. The summed E-state index contributed by atoms with van der Waals surface area (Å²) in [6, 6.07) is 0. The van der Waals surface area contributed by atoms with Crippen LogP contribution in [-0.2, 0) is 4.79 Å². The van der Waals surface area contributed by atoms with E-state index in [0.29, 0.717) is 6.42 Å². The molecule has 0 amide bonds. The van der Waals surface area contributed by atoms with Crippen LogP contribution < -0.4 is 34.7 Å². The Labute approximate surface area is 171 Å². The van der Waals surface area contributed by atoms with Crippen molar-refractivity contribution < 1.29 is 39.5 Å². The molecule has 0 saturated carbocycles. The average molecular weight is 340 g/mol. The smallest absolute Gasteiger partial charge is 0.550 e. The van der Waals surface area contributed by atoms with Gasteiger partial charge in [0.15, 0.2) is 0 Å². The molecule has 0 aromatic carbocycles. The van der Waals surface area contributed by atoms with Gasteiger partial charge in [0.25, 0.3) is 0 Å². The van der Waals surface area contributed by atoms with Gasteiger partial charge in [-0.1, -0.05) is 76.6 Å². The Morgan fingerprint density at radius 3 is 1.58 bits per heavy atom. The van der Waals surface area contributed by atoms with E-state index in [2.05, 4.69) is 30.6 Å². The molecule has 3 heteroatoms. The van der Waals surface area contributed by atoms with Crippen LogP contribution in [0.2, 0.25) is 0 Å². The Hall–Kier alpha value is -0.410. The second-order valence-corrected chi connectivity index (χ2v) is 6.11. The summed E-state index contributed by atoms with van der Waals surface area (Å²) in [5.41, 5.74) is 0. The van der Waals surface area contributed by atoms with Gasteiger partial charge in [-0.2, -0.15) is 0 Å². The van der Waals surface area contributed by atoms with Crippen molar-refractivity contribution in [2.45, 2.75) is 103 Å². The summed E-state index contributed by atoms with van der Waals surface area (Å²) in [5, 5.41) is 10.2. The van der Waals surface area contributed by atoms with Crippen molar-refractivity contribution in [3.63, 3.8) is 0 Å². The molecule has 0 fully saturated rings. The number of hydrogen-bond acceptors (Lipinski definition) is 2. The van der Waals surface area contributed by atoms with E-state index < -0.39 is 5.97 Å². The minimum absolute atomic E-state index is 0. The molecule has 130 valence electrons. The fourth-order valence-electron chi connectivity index (χ4n) is 2.40. The molecule has 0 rings (SSSR count). The molecular weight excluding hydrogens is 307 g/mol. The standard InChI is InChI=1S/C21H34O2.Na/c1-2-3-4-5-6-7-8-9-10-11-12-13-14-15-16-17-18-19-20-21(22)23;/h2-12,17-20H2,1H3,(H,22,23);/q;+1/p-1. The average Bonchev–Trinajstić information content (AvgIpc) is 2.53. The maximum atomic E-state index is 10.2. The molecule has 0 radical (unpaired) electrons. The summed E-state index contributed by atoms with van der Waals surface area (Å²) in [7, 11) is 0. The SMILES string of the molecule is CCCCCCCCCCCCC#CC#CCCCCC(=O)[O-].[Na+]. The zero-order valence-electron chi connectivity index (χ0n) is 15.9. The van der Waals surface area contributed by atoms with Crippen LogP contribution in [0.5, 0.6) is 0 Å². The van der Waals surface area contributed by atoms with Crippen molar-refractivity contribution >= 4 is 5.97 Å². The summed E-state index contributed by atoms with van der Waals surface area (Å²) >= 11 is 0. The third kappa shape index (κ3) is 23.9. The van der Waals surface area contributed by atoms with Crippen LogP contribution in [0, 0.1) is 23.7 Å². The number of aliphatic carboxylic acids is 1. The molecule has 0 spiro atoms. The summed E-state index contributed by atoms with van der Waals surface area (Å²) in [4.78, 5) is 10.2. The van der Waals surface area contributed by atoms with Crippen molar-refractivity contribution in [1.29, 1.82) is 0 Å². The summed E-state index contributed by atoms with van der Waals surface area (Å²) in [5.74, 6) is 10.8. The quantitative estimate of drug-likeness (QED) is 0.274. The monoisotopic (exact) mass is 340 g/mol. The Bertz CT molecular complexity index is 396. The first kappa shape index (κ1) is 25.8. The van der Waals surface area contributed by atoms with Gasteiger partial charge in [0.05, 0.1) is 0 Å². The van der Waals surface area contributed by atoms with Crippen LogP contribution in [-0.4, -0.2) is 5.97 Å². The van der Waals surface area contributed by atoms with Gasteiger partial charge in [0, 0.05) is 18.8 Å². The van der Waals surface area contributed by atoms with Gasteiger partial charge in [0.1, 0.15) is 0 Å². The van der Waals surface area contributed by atoms with Gasteiger partial charge in [-0.3, -0.25) is 0 Å². The molecule has 0 aromatic heterocycles. The maximum Gasteiger partial charge on any atom is 1.00 e.